The Morgan fingerprint density at radius 3 is 2.83 bits per heavy atom. The second kappa shape index (κ2) is 6.95. The first-order valence-electron chi connectivity index (χ1n) is 7.20. The molecule has 0 saturated heterocycles. The number of hydrogen-bond acceptors (Lipinski definition) is 3. The maximum Gasteiger partial charge on any atom is 0.130 e. The van der Waals surface area contributed by atoms with E-state index in [9.17, 15) is 0 Å². The van der Waals surface area contributed by atoms with Gasteiger partial charge in [-0.15, -0.1) is 0 Å². The molecule has 0 unspecified atom stereocenters. The molecule has 1 N–H and O–H groups in total. The normalized spacial score (nSPS) is 17.2. The van der Waals surface area contributed by atoms with Gasteiger partial charge in [-0.3, -0.25) is 0 Å². The van der Waals surface area contributed by atoms with Crippen LogP contribution in [0.25, 0.3) is 0 Å². The fraction of sp³-hybridized carbons (Fsp3) is 0.733. The third-order valence-electron chi connectivity index (χ3n) is 3.62. The third kappa shape index (κ3) is 3.85. The summed E-state index contributed by atoms with van der Waals surface area (Å²) >= 11 is 0. The smallest absolute Gasteiger partial charge is 0.130 e. The van der Waals surface area contributed by atoms with Crippen molar-refractivity contribution in [3.8, 4) is 0 Å². The van der Waals surface area contributed by atoms with Crippen molar-refractivity contribution in [1.82, 2.24) is 5.32 Å². The first-order chi connectivity index (χ1) is 8.79. The fourth-order valence-electron chi connectivity index (χ4n) is 2.51. The van der Waals surface area contributed by atoms with Gasteiger partial charge in [-0.25, -0.2) is 0 Å². The van der Waals surface area contributed by atoms with Gasteiger partial charge in [0.05, 0.1) is 12.6 Å². The molecule has 3 nitrogen and oxygen atoms in total. The molecule has 0 atom stereocenters. The SMILES string of the molecule is CCNCc1oc(COC2CCCCC2)cc1C. The van der Waals surface area contributed by atoms with Crippen molar-refractivity contribution >= 4 is 0 Å². The minimum absolute atomic E-state index is 0.446. The molecule has 0 amide bonds. The van der Waals surface area contributed by atoms with Gasteiger partial charge in [-0.2, -0.15) is 0 Å². The van der Waals surface area contributed by atoms with Gasteiger partial charge in [0, 0.05) is 0 Å². The van der Waals surface area contributed by atoms with Crippen molar-refractivity contribution in [3.05, 3.63) is 23.2 Å². The molecule has 1 aromatic heterocycles. The van der Waals surface area contributed by atoms with E-state index in [4.69, 9.17) is 9.15 Å². The first-order valence-corrected chi connectivity index (χ1v) is 7.20. The topological polar surface area (TPSA) is 34.4 Å². The Balaban J connectivity index is 1.81. The standard InChI is InChI=1S/C15H25NO2/c1-3-16-10-15-12(2)9-14(18-15)11-17-13-7-5-4-6-8-13/h9,13,16H,3-8,10-11H2,1-2H3. The summed E-state index contributed by atoms with van der Waals surface area (Å²) in [7, 11) is 0. The summed E-state index contributed by atoms with van der Waals surface area (Å²) in [6.07, 6.45) is 6.86. The van der Waals surface area contributed by atoms with Crippen LogP contribution in [-0.2, 0) is 17.9 Å². The summed E-state index contributed by atoms with van der Waals surface area (Å²) in [5, 5.41) is 3.29. The predicted molar refractivity (Wildman–Crippen MR) is 72.5 cm³/mol. The van der Waals surface area contributed by atoms with Crippen molar-refractivity contribution < 1.29 is 9.15 Å². The Labute approximate surface area is 110 Å². The van der Waals surface area contributed by atoms with E-state index < -0.39 is 0 Å². The molecule has 1 saturated carbocycles. The monoisotopic (exact) mass is 251 g/mol. The van der Waals surface area contributed by atoms with Gasteiger partial charge in [0.15, 0.2) is 0 Å². The molecule has 18 heavy (non-hydrogen) atoms. The second-order valence-corrected chi connectivity index (χ2v) is 5.17. The van der Waals surface area contributed by atoms with Gasteiger partial charge in [-0.1, -0.05) is 26.2 Å². The molecule has 102 valence electrons. The summed E-state index contributed by atoms with van der Waals surface area (Å²) < 4.78 is 11.7. The highest BCUT2D eigenvalue weighted by Gasteiger charge is 2.15. The van der Waals surface area contributed by atoms with E-state index in [1.807, 2.05) is 0 Å². The van der Waals surface area contributed by atoms with Gasteiger partial charge < -0.3 is 14.5 Å². The zero-order chi connectivity index (χ0) is 12.8. The van der Waals surface area contributed by atoms with Gasteiger partial charge in [0.25, 0.3) is 0 Å². The number of aryl methyl sites for hydroxylation is 1. The number of rotatable bonds is 6. The van der Waals surface area contributed by atoms with Crippen molar-refractivity contribution in [2.24, 2.45) is 0 Å². The first kappa shape index (κ1) is 13.6. The fourth-order valence-corrected chi connectivity index (χ4v) is 2.51. The van der Waals surface area contributed by atoms with E-state index in [2.05, 4.69) is 25.2 Å². The Morgan fingerprint density at radius 2 is 2.11 bits per heavy atom. The highest BCUT2D eigenvalue weighted by molar-refractivity contribution is 5.19. The van der Waals surface area contributed by atoms with Crippen molar-refractivity contribution in [2.45, 2.75) is 65.2 Å². The van der Waals surface area contributed by atoms with Gasteiger partial charge in [0.1, 0.15) is 18.1 Å². The zero-order valence-electron chi connectivity index (χ0n) is 11.6. The minimum Gasteiger partial charge on any atom is -0.462 e. The van der Waals surface area contributed by atoms with Gasteiger partial charge in [-0.05, 0) is 37.9 Å². The lowest BCUT2D eigenvalue weighted by molar-refractivity contribution is 0.00836. The molecular formula is C15H25NO2. The lowest BCUT2D eigenvalue weighted by Gasteiger charge is -2.21. The Bertz CT molecular complexity index is 353. The summed E-state index contributed by atoms with van der Waals surface area (Å²) in [4.78, 5) is 0. The van der Waals surface area contributed by atoms with Crippen LogP contribution in [-0.4, -0.2) is 12.6 Å². The Kier molecular flexibility index (Phi) is 5.26. The molecule has 1 heterocycles. The Hall–Kier alpha value is -0.800. The largest absolute Gasteiger partial charge is 0.462 e. The molecule has 3 heteroatoms. The lowest BCUT2D eigenvalue weighted by Crippen LogP contribution is -2.16. The quantitative estimate of drug-likeness (QED) is 0.839. The molecule has 2 rings (SSSR count). The van der Waals surface area contributed by atoms with Gasteiger partial charge >= 0.3 is 0 Å². The van der Waals surface area contributed by atoms with Crippen molar-refractivity contribution in [3.63, 3.8) is 0 Å². The molecule has 1 aliphatic rings. The maximum absolute atomic E-state index is 5.93. The van der Waals surface area contributed by atoms with Gasteiger partial charge in [0.2, 0.25) is 0 Å². The molecule has 0 aliphatic heterocycles. The molecule has 0 bridgehead atoms. The number of ether oxygens (including phenoxy) is 1. The van der Waals surface area contributed by atoms with E-state index in [0.29, 0.717) is 12.7 Å². The highest BCUT2D eigenvalue weighted by Crippen LogP contribution is 2.22. The minimum atomic E-state index is 0.446. The molecule has 1 aromatic rings. The molecule has 0 spiro atoms. The third-order valence-corrected chi connectivity index (χ3v) is 3.62. The Morgan fingerprint density at radius 1 is 1.33 bits per heavy atom. The van der Waals surface area contributed by atoms with Crippen LogP contribution in [0.15, 0.2) is 10.5 Å². The van der Waals surface area contributed by atoms with E-state index in [-0.39, 0.29) is 0 Å². The van der Waals surface area contributed by atoms with Crippen LogP contribution in [0, 0.1) is 6.92 Å². The van der Waals surface area contributed by atoms with Crippen molar-refractivity contribution in [1.29, 1.82) is 0 Å². The molecule has 0 aromatic carbocycles. The van der Waals surface area contributed by atoms with Crippen LogP contribution >= 0.6 is 0 Å². The van der Waals surface area contributed by atoms with Crippen LogP contribution in [0.4, 0.5) is 0 Å². The van der Waals surface area contributed by atoms with E-state index in [1.54, 1.807) is 0 Å². The average Bonchev–Trinajstić information content (AvgIpc) is 2.76. The van der Waals surface area contributed by atoms with Crippen LogP contribution < -0.4 is 5.32 Å². The summed E-state index contributed by atoms with van der Waals surface area (Å²) in [5.74, 6) is 2.00. The molecule has 1 fully saturated rings. The van der Waals surface area contributed by atoms with E-state index >= 15 is 0 Å². The number of furan rings is 1. The molecule has 0 radical (unpaired) electrons. The summed E-state index contributed by atoms with van der Waals surface area (Å²) in [6, 6.07) is 2.11. The van der Waals surface area contributed by atoms with Crippen LogP contribution in [0.5, 0.6) is 0 Å². The number of nitrogens with one attached hydrogen (secondary N) is 1. The molecule has 1 aliphatic carbocycles. The van der Waals surface area contributed by atoms with Crippen molar-refractivity contribution in [2.75, 3.05) is 6.54 Å². The van der Waals surface area contributed by atoms with E-state index in [1.165, 1.54) is 37.7 Å². The molecular weight excluding hydrogens is 226 g/mol. The zero-order valence-corrected chi connectivity index (χ0v) is 11.6. The predicted octanol–water partition coefficient (Wildman–Crippen LogP) is 3.55. The maximum atomic E-state index is 5.93. The van der Waals surface area contributed by atoms with Crippen LogP contribution in [0.2, 0.25) is 0 Å². The van der Waals surface area contributed by atoms with E-state index in [0.717, 1.165) is 24.6 Å². The highest BCUT2D eigenvalue weighted by atomic mass is 16.5. The van der Waals surface area contributed by atoms with Crippen LogP contribution in [0.3, 0.4) is 0 Å². The summed E-state index contributed by atoms with van der Waals surface area (Å²) in [6.45, 7) is 6.60. The lowest BCUT2D eigenvalue weighted by atomic mass is 9.98. The second-order valence-electron chi connectivity index (χ2n) is 5.17. The van der Waals surface area contributed by atoms with Crippen LogP contribution in [0.1, 0.15) is 56.1 Å². The number of hydrogen-bond donors (Lipinski definition) is 1. The average molecular weight is 251 g/mol. The summed E-state index contributed by atoms with van der Waals surface area (Å²) in [5.41, 5.74) is 1.22.